The molecule has 0 saturated carbocycles. The van der Waals surface area contributed by atoms with Crippen LogP contribution >= 0.6 is 0 Å². The van der Waals surface area contributed by atoms with E-state index in [1.54, 1.807) is 6.21 Å². The summed E-state index contributed by atoms with van der Waals surface area (Å²) in [6.45, 7) is 2.02. The Morgan fingerprint density at radius 2 is 2.00 bits per heavy atom. The van der Waals surface area contributed by atoms with Crippen LogP contribution in [0.15, 0.2) is 29.3 Å². The zero-order valence-electron chi connectivity index (χ0n) is 8.22. The molecule has 0 aliphatic carbocycles. The van der Waals surface area contributed by atoms with Crippen LogP contribution in [0.3, 0.4) is 0 Å². The molecule has 0 aliphatic rings. The summed E-state index contributed by atoms with van der Waals surface area (Å²) in [6.07, 6.45) is 0.940. The van der Waals surface area contributed by atoms with Gasteiger partial charge in [-0.15, -0.1) is 0 Å². The van der Waals surface area contributed by atoms with Crippen LogP contribution in [0.5, 0.6) is 0 Å². The molecule has 1 aromatic carbocycles. The highest BCUT2D eigenvalue weighted by Gasteiger charge is 1.97. The quantitative estimate of drug-likeness (QED) is 0.694. The lowest BCUT2D eigenvalue weighted by molar-refractivity contribution is 0.102. The summed E-state index contributed by atoms with van der Waals surface area (Å²) in [5, 5.41) is 17.6. The van der Waals surface area contributed by atoms with Crippen LogP contribution < -0.4 is 0 Å². The Balaban J connectivity index is 2.48. The van der Waals surface area contributed by atoms with Crippen LogP contribution in [0, 0.1) is 6.92 Å². The van der Waals surface area contributed by atoms with Crippen LogP contribution in [0.25, 0.3) is 0 Å². The zero-order chi connectivity index (χ0) is 10.4. The van der Waals surface area contributed by atoms with E-state index in [0.29, 0.717) is 0 Å². The average molecular weight is 193 g/mol. The van der Waals surface area contributed by atoms with Gasteiger partial charge in [0.2, 0.25) is 0 Å². The van der Waals surface area contributed by atoms with Crippen molar-refractivity contribution in [1.29, 1.82) is 0 Å². The maximum Gasteiger partial charge on any atom is 0.0965 e. The van der Waals surface area contributed by atoms with Gasteiger partial charge in [0, 0.05) is 6.21 Å². The van der Waals surface area contributed by atoms with Gasteiger partial charge in [0.1, 0.15) is 0 Å². The number of aliphatic hydroxyl groups excluding tert-OH is 2. The normalized spacial score (nSPS) is 13.4. The Kier molecular flexibility index (Phi) is 4.29. The Morgan fingerprint density at radius 1 is 1.36 bits per heavy atom. The molecule has 0 saturated heterocycles. The molecule has 0 radical (unpaired) electrons. The molecule has 0 bridgehead atoms. The largest absolute Gasteiger partial charge is 0.394 e. The van der Waals surface area contributed by atoms with Crippen LogP contribution in [-0.2, 0) is 0 Å². The minimum absolute atomic E-state index is 0.240. The number of nitrogens with zero attached hydrogens (tertiary/aromatic N) is 1. The molecule has 3 nitrogen and oxygen atoms in total. The number of rotatable bonds is 4. The number of aliphatic hydroxyl groups is 2. The molecule has 0 aromatic heterocycles. The van der Waals surface area contributed by atoms with Gasteiger partial charge in [0.25, 0.3) is 0 Å². The minimum Gasteiger partial charge on any atom is -0.394 e. The topological polar surface area (TPSA) is 52.8 Å². The van der Waals surface area contributed by atoms with Gasteiger partial charge in [0.15, 0.2) is 0 Å². The highest BCUT2D eigenvalue weighted by molar-refractivity contribution is 5.79. The second kappa shape index (κ2) is 5.52. The third-order valence-corrected chi connectivity index (χ3v) is 1.84. The Hall–Kier alpha value is -1.19. The van der Waals surface area contributed by atoms with Crippen molar-refractivity contribution in [1.82, 2.24) is 0 Å². The molecular weight excluding hydrogens is 178 g/mol. The molecule has 14 heavy (non-hydrogen) atoms. The monoisotopic (exact) mass is 193 g/mol. The van der Waals surface area contributed by atoms with Crippen LogP contribution in [0.2, 0.25) is 0 Å². The first-order valence-corrected chi connectivity index (χ1v) is 4.58. The molecule has 0 amide bonds. The molecule has 0 spiro atoms. The van der Waals surface area contributed by atoms with Crippen molar-refractivity contribution in [3.05, 3.63) is 35.4 Å². The average Bonchev–Trinajstić information content (AvgIpc) is 2.21. The lowest BCUT2D eigenvalue weighted by Gasteiger charge is -2.00. The maximum absolute atomic E-state index is 9.02. The first-order chi connectivity index (χ1) is 6.72. The third kappa shape index (κ3) is 3.68. The van der Waals surface area contributed by atoms with Gasteiger partial charge >= 0.3 is 0 Å². The first kappa shape index (κ1) is 10.9. The summed E-state index contributed by atoms with van der Waals surface area (Å²) in [4.78, 5) is 4.01. The van der Waals surface area contributed by atoms with Gasteiger partial charge < -0.3 is 10.2 Å². The van der Waals surface area contributed by atoms with E-state index >= 15 is 0 Å². The highest BCUT2D eigenvalue weighted by atomic mass is 16.3. The molecule has 0 fully saturated rings. The standard InChI is InChI=1S/C11H15NO2/c1-9-2-4-10(5-3-9)6-12-7-11(14)8-13/h2-6,11,13-14H,7-8H2,1H3. The van der Waals surface area contributed by atoms with E-state index in [4.69, 9.17) is 10.2 Å². The Morgan fingerprint density at radius 3 is 2.57 bits per heavy atom. The van der Waals surface area contributed by atoms with Crippen molar-refractivity contribution in [2.75, 3.05) is 13.2 Å². The van der Waals surface area contributed by atoms with Crippen molar-refractivity contribution in [3.63, 3.8) is 0 Å². The fourth-order valence-corrected chi connectivity index (χ4v) is 0.990. The zero-order valence-corrected chi connectivity index (χ0v) is 8.22. The van der Waals surface area contributed by atoms with Crippen LogP contribution in [0.1, 0.15) is 11.1 Å². The van der Waals surface area contributed by atoms with Crippen LogP contribution in [-0.4, -0.2) is 35.7 Å². The predicted octanol–water partition coefficient (Wildman–Crippen LogP) is 0.767. The van der Waals surface area contributed by atoms with Crippen molar-refractivity contribution in [3.8, 4) is 0 Å². The molecule has 1 aromatic rings. The fourth-order valence-electron chi connectivity index (χ4n) is 0.990. The van der Waals surface area contributed by atoms with Gasteiger partial charge in [-0.2, -0.15) is 0 Å². The van der Waals surface area contributed by atoms with Crippen molar-refractivity contribution < 1.29 is 10.2 Å². The van der Waals surface area contributed by atoms with Gasteiger partial charge in [-0.05, 0) is 12.5 Å². The minimum atomic E-state index is -0.753. The number of aryl methyl sites for hydroxylation is 1. The molecule has 0 heterocycles. The summed E-state index contributed by atoms with van der Waals surface area (Å²) >= 11 is 0. The second-order valence-corrected chi connectivity index (χ2v) is 3.24. The van der Waals surface area contributed by atoms with Gasteiger partial charge in [0.05, 0.1) is 19.3 Å². The van der Waals surface area contributed by atoms with Gasteiger partial charge in [-0.1, -0.05) is 29.8 Å². The summed E-state index contributed by atoms with van der Waals surface area (Å²) in [5.74, 6) is 0. The smallest absolute Gasteiger partial charge is 0.0965 e. The Bertz CT molecular complexity index is 293. The number of aliphatic imine (C=N–C) groups is 1. The fraction of sp³-hybridized carbons (Fsp3) is 0.364. The summed E-state index contributed by atoms with van der Waals surface area (Å²) in [6, 6.07) is 7.93. The Labute approximate surface area is 83.7 Å². The van der Waals surface area contributed by atoms with Crippen molar-refractivity contribution >= 4 is 6.21 Å². The number of hydrogen-bond acceptors (Lipinski definition) is 3. The summed E-state index contributed by atoms with van der Waals surface area (Å²) in [5.41, 5.74) is 2.21. The van der Waals surface area contributed by atoms with E-state index in [-0.39, 0.29) is 13.2 Å². The van der Waals surface area contributed by atoms with E-state index in [0.717, 1.165) is 5.56 Å². The van der Waals surface area contributed by atoms with E-state index in [1.165, 1.54) is 5.56 Å². The van der Waals surface area contributed by atoms with Gasteiger partial charge in [-0.25, -0.2) is 0 Å². The number of benzene rings is 1. The van der Waals surface area contributed by atoms with E-state index in [2.05, 4.69) is 4.99 Å². The van der Waals surface area contributed by atoms with Gasteiger partial charge in [-0.3, -0.25) is 4.99 Å². The molecule has 0 aliphatic heterocycles. The van der Waals surface area contributed by atoms with Crippen molar-refractivity contribution in [2.45, 2.75) is 13.0 Å². The third-order valence-electron chi connectivity index (χ3n) is 1.84. The lowest BCUT2D eigenvalue weighted by atomic mass is 10.2. The second-order valence-electron chi connectivity index (χ2n) is 3.24. The molecule has 1 rings (SSSR count). The van der Waals surface area contributed by atoms with E-state index in [1.807, 2.05) is 31.2 Å². The molecular formula is C11H15NO2. The SMILES string of the molecule is Cc1ccc(C=NCC(O)CO)cc1. The molecule has 1 atom stereocenters. The first-order valence-electron chi connectivity index (χ1n) is 4.58. The molecule has 3 heteroatoms. The molecule has 2 N–H and O–H groups in total. The summed E-state index contributed by atoms with van der Waals surface area (Å²) < 4.78 is 0. The van der Waals surface area contributed by atoms with E-state index < -0.39 is 6.10 Å². The molecule has 76 valence electrons. The summed E-state index contributed by atoms with van der Waals surface area (Å²) in [7, 11) is 0. The molecule has 1 unspecified atom stereocenters. The maximum atomic E-state index is 9.02. The van der Waals surface area contributed by atoms with E-state index in [9.17, 15) is 0 Å². The predicted molar refractivity (Wildman–Crippen MR) is 56.7 cm³/mol. The van der Waals surface area contributed by atoms with Crippen LogP contribution in [0.4, 0.5) is 0 Å². The van der Waals surface area contributed by atoms with Crippen molar-refractivity contribution in [2.24, 2.45) is 4.99 Å². The highest BCUT2D eigenvalue weighted by Crippen LogP contribution is 2.00. The lowest BCUT2D eigenvalue weighted by Crippen LogP contribution is -2.15. The number of hydrogen-bond donors (Lipinski definition) is 2.